The van der Waals surface area contributed by atoms with Crippen molar-refractivity contribution >= 4 is 29.4 Å². The number of ether oxygens (including phenoxy) is 1. The highest BCUT2D eigenvalue weighted by molar-refractivity contribution is 5.91. The summed E-state index contributed by atoms with van der Waals surface area (Å²) in [5.41, 5.74) is 11.8. The Morgan fingerprint density at radius 2 is 1.57 bits per heavy atom. The number of urea groups is 1. The number of carbonyl (C=O) groups excluding carboxylic acids is 3. The largest absolute Gasteiger partial charge is 0.436 e. The fraction of sp³-hybridized carbons (Fsp3) is 0.571. The van der Waals surface area contributed by atoms with Crippen LogP contribution in [-0.4, -0.2) is 115 Å². The molecule has 0 spiro atoms. The Morgan fingerprint density at radius 1 is 0.891 bits per heavy atom. The first-order valence-corrected chi connectivity index (χ1v) is 17.0. The van der Waals surface area contributed by atoms with Crippen LogP contribution in [0.15, 0.2) is 36.4 Å². The Kier molecular flexibility index (Phi) is 9.98. The van der Waals surface area contributed by atoms with Crippen LogP contribution in [0, 0.1) is 13.8 Å². The predicted octanol–water partition coefficient (Wildman–Crippen LogP) is 3.38. The minimum Gasteiger partial charge on any atom is -0.436 e. The molecule has 11 heteroatoms. The molecular formula is C35H49N7O4. The van der Waals surface area contributed by atoms with Crippen LogP contribution in [0.5, 0.6) is 0 Å². The summed E-state index contributed by atoms with van der Waals surface area (Å²) in [6, 6.07) is 12.4. The second kappa shape index (κ2) is 14.3. The molecule has 3 saturated heterocycles. The van der Waals surface area contributed by atoms with Crippen molar-refractivity contribution in [2.24, 2.45) is 0 Å². The number of fused-ring (bicyclic) bond motifs is 1. The maximum Gasteiger partial charge on any atom is 0.410 e. The fourth-order valence-corrected chi connectivity index (χ4v) is 7.55. The molecule has 4 amide bonds. The molecule has 4 aliphatic heterocycles. The number of likely N-dealkylation sites (tertiary alicyclic amines) is 1. The number of anilines is 2. The lowest BCUT2D eigenvalue weighted by Crippen LogP contribution is -2.56. The van der Waals surface area contributed by atoms with Gasteiger partial charge >= 0.3 is 12.1 Å². The van der Waals surface area contributed by atoms with Crippen molar-refractivity contribution in [3.8, 4) is 0 Å². The van der Waals surface area contributed by atoms with Gasteiger partial charge in [0.2, 0.25) is 0 Å². The van der Waals surface area contributed by atoms with E-state index in [-0.39, 0.29) is 18.0 Å². The highest BCUT2D eigenvalue weighted by atomic mass is 16.6. The third-order valence-electron chi connectivity index (χ3n) is 10.3. The molecule has 0 aliphatic carbocycles. The van der Waals surface area contributed by atoms with Crippen LogP contribution in [0.1, 0.15) is 47.9 Å². The average molecular weight is 632 g/mol. The number of nitrogens with two attached hydrogens (primary N) is 1. The Morgan fingerprint density at radius 3 is 2.26 bits per heavy atom. The van der Waals surface area contributed by atoms with E-state index in [1.165, 1.54) is 0 Å². The number of hydrogen-bond acceptors (Lipinski definition) is 7. The van der Waals surface area contributed by atoms with Crippen molar-refractivity contribution in [3.63, 3.8) is 0 Å². The van der Waals surface area contributed by atoms with E-state index in [9.17, 15) is 14.4 Å². The summed E-state index contributed by atoms with van der Waals surface area (Å²) in [5.74, 6) is -0.138. The standard InChI is InChI=1S/C35H49N7O4/c1-24-21-26(22-25(2)32(24)36)23-31(33(43)40-19-17-39(18-20-40)28-7-12-37-13-8-28)46-35(45)41-14-10-29(11-15-41)42-16-9-27-5-3-4-6-30(27)38-34(42)44/h3-6,21-22,28-29,31,37H,7-20,23,36H2,1-2H3,(H,38,44)/t31-/m1/s1. The van der Waals surface area contributed by atoms with E-state index in [1.807, 2.05) is 54.0 Å². The number of piperidine rings is 2. The molecule has 4 N–H and O–H groups in total. The van der Waals surface area contributed by atoms with Crippen molar-refractivity contribution in [2.75, 3.05) is 70.0 Å². The third-order valence-corrected chi connectivity index (χ3v) is 10.3. The molecule has 6 rings (SSSR count). The monoisotopic (exact) mass is 631 g/mol. The number of benzene rings is 2. The Hall–Kier alpha value is -3.83. The molecule has 0 unspecified atom stereocenters. The van der Waals surface area contributed by atoms with Gasteiger partial charge in [0.25, 0.3) is 5.91 Å². The molecule has 0 radical (unpaired) electrons. The fourth-order valence-electron chi connectivity index (χ4n) is 7.55. The number of piperazine rings is 1. The maximum absolute atomic E-state index is 14.0. The van der Waals surface area contributed by atoms with Gasteiger partial charge in [0.15, 0.2) is 6.10 Å². The van der Waals surface area contributed by atoms with Crippen LogP contribution in [0.2, 0.25) is 0 Å². The van der Waals surface area contributed by atoms with E-state index in [4.69, 9.17) is 10.5 Å². The molecular weight excluding hydrogens is 582 g/mol. The van der Waals surface area contributed by atoms with Gasteiger partial charge in [0, 0.05) is 75.7 Å². The van der Waals surface area contributed by atoms with Crippen LogP contribution in [0.3, 0.4) is 0 Å². The first kappa shape index (κ1) is 32.1. The molecule has 4 heterocycles. The van der Waals surface area contributed by atoms with Gasteiger partial charge in [-0.05, 0) is 87.4 Å². The lowest BCUT2D eigenvalue weighted by Gasteiger charge is -2.41. The molecule has 0 bridgehead atoms. The Balaban J connectivity index is 1.09. The van der Waals surface area contributed by atoms with Gasteiger partial charge in [-0.25, -0.2) is 9.59 Å². The van der Waals surface area contributed by atoms with E-state index in [0.717, 1.165) is 79.1 Å². The molecule has 2 aromatic carbocycles. The summed E-state index contributed by atoms with van der Waals surface area (Å²) in [6.07, 6.45) is 3.28. The highest BCUT2D eigenvalue weighted by Gasteiger charge is 2.36. The van der Waals surface area contributed by atoms with Crippen molar-refractivity contribution in [3.05, 3.63) is 58.7 Å². The number of para-hydroxylation sites is 1. The van der Waals surface area contributed by atoms with Gasteiger partial charge in [-0.1, -0.05) is 30.3 Å². The van der Waals surface area contributed by atoms with E-state index in [0.29, 0.717) is 58.0 Å². The van der Waals surface area contributed by atoms with Crippen molar-refractivity contribution in [2.45, 2.75) is 70.6 Å². The zero-order valence-electron chi connectivity index (χ0n) is 27.3. The van der Waals surface area contributed by atoms with E-state index in [2.05, 4.69) is 21.6 Å². The van der Waals surface area contributed by atoms with Crippen molar-refractivity contribution in [1.82, 2.24) is 24.9 Å². The summed E-state index contributed by atoms with van der Waals surface area (Å²) in [6.45, 7) is 10.5. The summed E-state index contributed by atoms with van der Waals surface area (Å²) in [5, 5.41) is 6.49. The van der Waals surface area contributed by atoms with E-state index in [1.54, 1.807) is 4.90 Å². The van der Waals surface area contributed by atoms with Crippen LogP contribution in [0.25, 0.3) is 0 Å². The van der Waals surface area contributed by atoms with Gasteiger partial charge in [0.1, 0.15) is 0 Å². The Labute approximate surface area is 272 Å². The second-order valence-electron chi connectivity index (χ2n) is 13.3. The summed E-state index contributed by atoms with van der Waals surface area (Å²) < 4.78 is 6.08. The number of nitrogens with zero attached hydrogens (tertiary/aromatic N) is 4. The number of amides is 4. The molecule has 2 aromatic rings. The molecule has 1 atom stereocenters. The quantitative estimate of drug-likeness (QED) is 0.418. The maximum atomic E-state index is 14.0. The van der Waals surface area contributed by atoms with E-state index < -0.39 is 12.2 Å². The molecule has 11 nitrogen and oxygen atoms in total. The first-order valence-electron chi connectivity index (χ1n) is 17.0. The lowest BCUT2D eigenvalue weighted by atomic mass is 9.99. The Bertz CT molecular complexity index is 1390. The third kappa shape index (κ3) is 7.25. The minimum atomic E-state index is -0.923. The van der Waals surface area contributed by atoms with E-state index >= 15 is 0 Å². The molecule has 0 aromatic heterocycles. The zero-order valence-corrected chi connectivity index (χ0v) is 27.3. The molecule has 0 saturated carbocycles. The number of aryl methyl sites for hydroxylation is 2. The highest BCUT2D eigenvalue weighted by Crippen LogP contribution is 2.26. The predicted molar refractivity (Wildman–Crippen MR) is 179 cm³/mol. The van der Waals surface area contributed by atoms with Gasteiger partial charge in [-0.15, -0.1) is 0 Å². The summed E-state index contributed by atoms with van der Waals surface area (Å²) in [7, 11) is 0. The lowest BCUT2D eigenvalue weighted by molar-refractivity contribution is -0.143. The normalized spacial score (nSPS) is 20.9. The number of carbonyl (C=O) groups is 3. The van der Waals surface area contributed by atoms with Crippen LogP contribution >= 0.6 is 0 Å². The average Bonchev–Trinajstić information content (AvgIpc) is 3.25. The van der Waals surface area contributed by atoms with Crippen molar-refractivity contribution < 1.29 is 19.1 Å². The van der Waals surface area contributed by atoms with Crippen LogP contribution < -0.4 is 16.4 Å². The van der Waals surface area contributed by atoms with Gasteiger partial charge < -0.3 is 35.8 Å². The van der Waals surface area contributed by atoms with Crippen molar-refractivity contribution in [1.29, 1.82) is 0 Å². The van der Waals surface area contributed by atoms with Gasteiger partial charge in [-0.3, -0.25) is 9.69 Å². The molecule has 3 fully saturated rings. The minimum absolute atomic E-state index is 0.0350. The smallest absolute Gasteiger partial charge is 0.410 e. The summed E-state index contributed by atoms with van der Waals surface area (Å²) >= 11 is 0. The second-order valence-corrected chi connectivity index (χ2v) is 13.3. The first-order chi connectivity index (χ1) is 22.3. The number of hydrogen-bond donors (Lipinski definition) is 3. The topological polar surface area (TPSA) is 123 Å². The molecule has 46 heavy (non-hydrogen) atoms. The van der Waals surface area contributed by atoms with Gasteiger partial charge in [0.05, 0.1) is 0 Å². The number of nitrogen functional groups attached to an aromatic ring is 1. The molecule has 248 valence electrons. The molecule has 4 aliphatic rings. The van der Waals surface area contributed by atoms with Crippen LogP contribution in [0.4, 0.5) is 21.0 Å². The SMILES string of the molecule is Cc1cc(C[C@@H](OC(=O)N2CCC(N3CCc4ccccc4NC3=O)CC2)C(=O)N2CCN(C3CCNCC3)CC2)cc(C)c1N. The number of rotatable bonds is 6. The van der Waals surface area contributed by atoms with Crippen LogP contribution in [-0.2, 0) is 22.4 Å². The van der Waals surface area contributed by atoms with Gasteiger partial charge in [-0.2, -0.15) is 0 Å². The zero-order chi connectivity index (χ0) is 32.2. The summed E-state index contributed by atoms with van der Waals surface area (Å²) in [4.78, 5) is 48.6. The number of nitrogens with one attached hydrogen (secondary N) is 2.